The minimum absolute atomic E-state index is 0.133. The fourth-order valence-electron chi connectivity index (χ4n) is 0.490. The number of carboxylic acids is 1. The summed E-state index contributed by atoms with van der Waals surface area (Å²) in [5.41, 5.74) is 0.427. The lowest BCUT2D eigenvalue weighted by atomic mass is 10.4. The summed E-state index contributed by atoms with van der Waals surface area (Å²) in [5, 5.41) is 13.8. The molecule has 1 heterocycles. The topological polar surface area (TPSA) is 63.1 Å². The van der Waals surface area contributed by atoms with Gasteiger partial charge in [-0.2, -0.15) is 0 Å². The quantitative estimate of drug-likeness (QED) is 0.517. The molecule has 0 spiro atoms. The van der Waals surface area contributed by atoms with Crippen molar-refractivity contribution in [3.8, 4) is 0 Å². The van der Waals surface area contributed by atoms with E-state index in [1.54, 1.807) is 5.38 Å². The molecule has 0 amide bonds. The van der Waals surface area contributed by atoms with Crippen molar-refractivity contribution in [2.45, 2.75) is 0 Å². The summed E-state index contributed by atoms with van der Waals surface area (Å²) in [6.45, 7) is 0. The molecule has 4 nitrogen and oxygen atoms in total. The van der Waals surface area contributed by atoms with Crippen molar-refractivity contribution in [3.63, 3.8) is 0 Å². The van der Waals surface area contributed by atoms with Gasteiger partial charge in [0.1, 0.15) is 10.6 Å². The standard InChI is InChI=1S/C5H4N2O2S3/c8-5(9)4(11)3(10)2-1-12-7-6-2/h1,10-11H,(H,8,9). The first kappa shape index (κ1) is 9.56. The van der Waals surface area contributed by atoms with Crippen LogP contribution in [0.15, 0.2) is 10.3 Å². The Bertz CT molecular complexity index is 319. The highest BCUT2D eigenvalue weighted by atomic mass is 32.1. The van der Waals surface area contributed by atoms with Crippen LogP contribution in [0.3, 0.4) is 0 Å². The number of aliphatic carboxylic acids is 1. The van der Waals surface area contributed by atoms with Crippen LogP contribution in [-0.2, 0) is 4.79 Å². The minimum Gasteiger partial charge on any atom is -0.477 e. The molecule has 0 bridgehead atoms. The molecule has 0 aromatic carbocycles. The summed E-state index contributed by atoms with van der Waals surface area (Å²) in [6, 6.07) is 0. The van der Waals surface area contributed by atoms with Crippen LogP contribution in [0.25, 0.3) is 4.91 Å². The summed E-state index contributed by atoms with van der Waals surface area (Å²) in [5.74, 6) is -1.13. The lowest BCUT2D eigenvalue weighted by molar-refractivity contribution is -0.131. The maximum absolute atomic E-state index is 10.4. The van der Waals surface area contributed by atoms with Crippen LogP contribution in [0.5, 0.6) is 0 Å². The van der Waals surface area contributed by atoms with Gasteiger partial charge in [0.2, 0.25) is 0 Å². The van der Waals surface area contributed by atoms with Crippen molar-refractivity contribution >= 4 is 47.7 Å². The summed E-state index contributed by atoms with van der Waals surface area (Å²) in [7, 11) is 0. The second-order valence-electron chi connectivity index (χ2n) is 1.79. The van der Waals surface area contributed by atoms with Gasteiger partial charge in [0.25, 0.3) is 0 Å². The lowest BCUT2D eigenvalue weighted by Crippen LogP contribution is -1.96. The molecule has 1 aromatic rings. The third kappa shape index (κ3) is 1.99. The molecule has 0 aliphatic rings. The van der Waals surface area contributed by atoms with Crippen molar-refractivity contribution in [1.29, 1.82) is 0 Å². The monoisotopic (exact) mass is 220 g/mol. The highest BCUT2D eigenvalue weighted by Crippen LogP contribution is 2.23. The average molecular weight is 220 g/mol. The Morgan fingerprint density at radius 3 is 2.67 bits per heavy atom. The van der Waals surface area contributed by atoms with E-state index < -0.39 is 5.97 Å². The van der Waals surface area contributed by atoms with Crippen molar-refractivity contribution in [3.05, 3.63) is 16.0 Å². The lowest BCUT2D eigenvalue weighted by Gasteiger charge is -1.95. The van der Waals surface area contributed by atoms with Crippen molar-refractivity contribution in [1.82, 2.24) is 9.59 Å². The molecule has 0 aliphatic heterocycles. The molecule has 0 saturated heterocycles. The first-order valence-electron chi connectivity index (χ1n) is 2.76. The fraction of sp³-hybridized carbons (Fsp3) is 0. The second-order valence-corrected chi connectivity index (χ2v) is 3.30. The van der Waals surface area contributed by atoms with Crippen LogP contribution in [0, 0.1) is 0 Å². The van der Waals surface area contributed by atoms with Crippen molar-refractivity contribution in [2.75, 3.05) is 0 Å². The number of aromatic nitrogens is 2. The number of hydrogen-bond donors (Lipinski definition) is 3. The molecular formula is C5H4N2O2S3. The largest absolute Gasteiger partial charge is 0.477 e. The molecule has 1 rings (SSSR count). The van der Waals surface area contributed by atoms with Gasteiger partial charge in [-0.15, -0.1) is 30.4 Å². The molecule has 0 radical (unpaired) electrons. The predicted octanol–water partition coefficient (Wildman–Crippen LogP) is 1.15. The van der Waals surface area contributed by atoms with E-state index in [0.717, 1.165) is 11.5 Å². The molecule has 0 fully saturated rings. The van der Waals surface area contributed by atoms with E-state index in [4.69, 9.17) is 5.11 Å². The van der Waals surface area contributed by atoms with Crippen molar-refractivity contribution in [2.24, 2.45) is 0 Å². The second kappa shape index (κ2) is 3.92. The minimum atomic E-state index is -1.13. The van der Waals surface area contributed by atoms with Gasteiger partial charge in [0, 0.05) is 5.38 Å². The maximum Gasteiger partial charge on any atom is 0.343 e. The zero-order valence-electron chi connectivity index (χ0n) is 5.63. The molecule has 0 atom stereocenters. The van der Waals surface area contributed by atoms with Crippen LogP contribution in [0.2, 0.25) is 0 Å². The fourth-order valence-corrected chi connectivity index (χ4v) is 1.34. The Balaban J connectivity index is 3.05. The van der Waals surface area contributed by atoms with E-state index in [9.17, 15) is 4.79 Å². The molecular weight excluding hydrogens is 216 g/mol. The third-order valence-corrected chi connectivity index (χ3v) is 2.58. The summed E-state index contributed by atoms with van der Waals surface area (Å²) in [6.07, 6.45) is 0. The number of nitrogens with zero attached hydrogens (tertiary/aromatic N) is 2. The van der Waals surface area contributed by atoms with Crippen LogP contribution < -0.4 is 0 Å². The molecule has 0 saturated carbocycles. The first-order chi connectivity index (χ1) is 5.63. The third-order valence-electron chi connectivity index (χ3n) is 1.03. The summed E-state index contributed by atoms with van der Waals surface area (Å²) < 4.78 is 3.57. The van der Waals surface area contributed by atoms with Gasteiger partial charge in [-0.1, -0.05) is 4.49 Å². The van der Waals surface area contributed by atoms with Gasteiger partial charge in [-0.05, 0) is 11.5 Å². The number of thiol groups is 2. The average Bonchev–Trinajstić information content (AvgIpc) is 2.53. The molecule has 12 heavy (non-hydrogen) atoms. The molecule has 1 aromatic heterocycles. The Labute approximate surface area is 83.3 Å². The van der Waals surface area contributed by atoms with Gasteiger partial charge < -0.3 is 5.11 Å². The van der Waals surface area contributed by atoms with E-state index in [-0.39, 0.29) is 9.81 Å². The van der Waals surface area contributed by atoms with E-state index >= 15 is 0 Å². The number of hydrogen-bond acceptors (Lipinski definition) is 6. The van der Waals surface area contributed by atoms with Crippen LogP contribution in [0.4, 0.5) is 0 Å². The van der Waals surface area contributed by atoms with Gasteiger partial charge in [-0.25, -0.2) is 4.79 Å². The van der Waals surface area contributed by atoms with Gasteiger partial charge in [-0.3, -0.25) is 0 Å². The van der Waals surface area contributed by atoms with E-state index in [0.29, 0.717) is 5.69 Å². The Morgan fingerprint density at radius 2 is 2.25 bits per heavy atom. The molecule has 64 valence electrons. The predicted molar refractivity (Wildman–Crippen MR) is 52.4 cm³/mol. The van der Waals surface area contributed by atoms with Crippen LogP contribution in [-0.4, -0.2) is 20.7 Å². The van der Waals surface area contributed by atoms with Crippen LogP contribution >= 0.6 is 36.8 Å². The van der Waals surface area contributed by atoms with Gasteiger partial charge >= 0.3 is 5.97 Å². The molecule has 1 N–H and O–H groups in total. The van der Waals surface area contributed by atoms with Crippen LogP contribution in [0.1, 0.15) is 5.69 Å². The summed E-state index contributed by atoms with van der Waals surface area (Å²) >= 11 is 8.82. The number of carbonyl (C=O) groups is 1. The van der Waals surface area contributed by atoms with Gasteiger partial charge in [0.05, 0.1) is 4.91 Å². The van der Waals surface area contributed by atoms with E-state index in [2.05, 4.69) is 34.8 Å². The van der Waals surface area contributed by atoms with Crippen molar-refractivity contribution < 1.29 is 9.90 Å². The normalized spacial score (nSPS) is 12.5. The summed E-state index contributed by atoms with van der Waals surface area (Å²) in [4.78, 5) is 10.5. The highest BCUT2D eigenvalue weighted by molar-refractivity contribution is 7.93. The molecule has 0 aliphatic carbocycles. The zero-order valence-corrected chi connectivity index (χ0v) is 8.24. The SMILES string of the molecule is O=C(O)C(S)=C(S)c1csnn1. The first-order valence-corrected chi connectivity index (χ1v) is 4.49. The Hall–Kier alpha value is -0.530. The van der Waals surface area contributed by atoms with E-state index in [1.165, 1.54) is 0 Å². The maximum atomic E-state index is 10.4. The Kier molecular flexibility index (Phi) is 3.12. The van der Waals surface area contributed by atoms with E-state index in [1.807, 2.05) is 0 Å². The Morgan fingerprint density at radius 1 is 1.58 bits per heavy atom. The van der Waals surface area contributed by atoms with Gasteiger partial charge in [0.15, 0.2) is 0 Å². The number of carboxylic acid groups (broad SMARTS) is 1. The molecule has 7 heteroatoms. The smallest absolute Gasteiger partial charge is 0.343 e. The molecule has 0 unspecified atom stereocenters. The highest BCUT2D eigenvalue weighted by Gasteiger charge is 2.10. The zero-order chi connectivity index (χ0) is 9.14. The number of rotatable bonds is 2.